The molecule has 4 rings (SSSR count). The Morgan fingerprint density at radius 1 is 1.17 bits per heavy atom. The van der Waals surface area contributed by atoms with E-state index in [1.165, 1.54) is 18.9 Å². The molecule has 2 aromatic heterocycles. The van der Waals surface area contributed by atoms with Gasteiger partial charge >= 0.3 is 5.97 Å². The standard InChI is InChI=1S/C20H18N4O3S2/c1-12(17(25)21-11-13-7-9-14(10-8-13)18(26)27-2)28-19-22-23-20-24(19)15-5-3-4-6-16(15)29-20/h3-10,12H,11H2,1-2H3,(H,21,25). The lowest BCUT2D eigenvalue weighted by molar-refractivity contribution is -0.120. The van der Waals surface area contributed by atoms with Crippen molar-refractivity contribution < 1.29 is 14.3 Å². The lowest BCUT2D eigenvalue weighted by Gasteiger charge is -2.11. The highest BCUT2D eigenvalue weighted by molar-refractivity contribution is 8.00. The molecule has 0 aliphatic heterocycles. The second-order valence-electron chi connectivity index (χ2n) is 6.34. The number of hydrogen-bond acceptors (Lipinski definition) is 7. The first-order chi connectivity index (χ1) is 14.1. The number of carbonyl (C=O) groups excluding carboxylic acids is 2. The number of ether oxygens (including phenoxy) is 1. The van der Waals surface area contributed by atoms with Crippen LogP contribution in [-0.2, 0) is 16.1 Å². The van der Waals surface area contributed by atoms with E-state index in [9.17, 15) is 9.59 Å². The summed E-state index contributed by atoms with van der Waals surface area (Å²) in [6, 6.07) is 15.0. The van der Waals surface area contributed by atoms with Crippen LogP contribution in [0.15, 0.2) is 53.7 Å². The minimum atomic E-state index is -0.383. The average Bonchev–Trinajstić information content (AvgIpc) is 3.31. The number of thioether (sulfide) groups is 1. The molecule has 2 heterocycles. The number of nitrogens with zero attached hydrogens (tertiary/aromatic N) is 3. The van der Waals surface area contributed by atoms with E-state index < -0.39 is 0 Å². The molecule has 7 nitrogen and oxygen atoms in total. The molecular weight excluding hydrogens is 408 g/mol. The Morgan fingerprint density at radius 3 is 2.69 bits per heavy atom. The first-order valence-corrected chi connectivity index (χ1v) is 10.6. The maximum absolute atomic E-state index is 12.5. The van der Waals surface area contributed by atoms with Gasteiger partial charge in [-0.25, -0.2) is 4.79 Å². The number of amides is 1. The molecule has 0 saturated heterocycles. The Kier molecular flexibility index (Phi) is 5.50. The molecule has 148 valence electrons. The van der Waals surface area contributed by atoms with E-state index in [0.29, 0.717) is 17.3 Å². The van der Waals surface area contributed by atoms with Gasteiger partial charge in [0.2, 0.25) is 10.9 Å². The molecule has 1 N–H and O–H groups in total. The summed E-state index contributed by atoms with van der Waals surface area (Å²) in [7, 11) is 1.34. The summed E-state index contributed by atoms with van der Waals surface area (Å²) >= 11 is 2.95. The van der Waals surface area contributed by atoms with Gasteiger partial charge in [0.1, 0.15) is 0 Å². The predicted octanol–water partition coefficient (Wildman–Crippen LogP) is 3.53. The number of methoxy groups -OCH3 is 1. The highest BCUT2D eigenvalue weighted by atomic mass is 32.2. The minimum Gasteiger partial charge on any atom is -0.465 e. The number of carbonyl (C=O) groups is 2. The summed E-state index contributed by atoms with van der Waals surface area (Å²) in [6.45, 7) is 2.22. The molecule has 0 bridgehead atoms. The number of hydrogen-bond donors (Lipinski definition) is 1. The Balaban J connectivity index is 1.41. The molecule has 1 amide bonds. The number of para-hydroxylation sites is 1. The van der Waals surface area contributed by atoms with Gasteiger partial charge in [0, 0.05) is 6.54 Å². The first-order valence-electron chi connectivity index (χ1n) is 8.91. The van der Waals surface area contributed by atoms with Gasteiger partial charge in [0.05, 0.1) is 28.1 Å². The number of nitrogens with one attached hydrogen (secondary N) is 1. The number of thiazole rings is 1. The monoisotopic (exact) mass is 426 g/mol. The maximum Gasteiger partial charge on any atom is 0.337 e. The third-order valence-corrected chi connectivity index (χ3v) is 6.46. The van der Waals surface area contributed by atoms with Crippen molar-refractivity contribution >= 4 is 50.2 Å². The van der Waals surface area contributed by atoms with E-state index in [2.05, 4.69) is 20.3 Å². The van der Waals surface area contributed by atoms with Crippen molar-refractivity contribution in [3.63, 3.8) is 0 Å². The average molecular weight is 427 g/mol. The lowest BCUT2D eigenvalue weighted by Crippen LogP contribution is -2.30. The van der Waals surface area contributed by atoms with Gasteiger partial charge in [-0.05, 0) is 36.8 Å². The lowest BCUT2D eigenvalue weighted by atomic mass is 10.1. The van der Waals surface area contributed by atoms with Crippen molar-refractivity contribution in [1.82, 2.24) is 19.9 Å². The topological polar surface area (TPSA) is 85.6 Å². The van der Waals surface area contributed by atoms with Crippen LogP contribution in [-0.4, -0.2) is 38.8 Å². The van der Waals surface area contributed by atoms with Crippen LogP contribution in [0.3, 0.4) is 0 Å². The van der Waals surface area contributed by atoms with E-state index in [4.69, 9.17) is 0 Å². The third-order valence-electron chi connectivity index (χ3n) is 4.40. The van der Waals surface area contributed by atoms with Gasteiger partial charge in [-0.2, -0.15) is 0 Å². The highest BCUT2D eigenvalue weighted by Gasteiger charge is 2.20. The molecule has 9 heteroatoms. The number of fused-ring (bicyclic) bond motifs is 3. The number of benzene rings is 2. The largest absolute Gasteiger partial charge is 0.465 e. The molecule has 4 aromatic rings. The smallest absolute Gasteiger partial charge is 0.337 e. The molecule has 0 fully saturated rings. The summed E-state index contributed by atoms with van der Waals surface area (Å²) in [5.41, 5.74) is 2.42. The molecule has 29 heavy (non-hydrogen) atoms. The van der Waals surface area contributed by atoms with Crippen molar-refractivity contribution in [2.45, 2.75) is 23.9 Å². The van der Waals surface area contributed by atoms with Gasteiger partial charge in [-0.15, -0.1) is 10.2 Å². The molecule has 0 aliphatic carbocycles. The minimum absolute atomic E-state index is 0.0941. The van der Waals surface area contributed by atoms with Crippen LogP contribution in [0.5, 0.6) is 0 Å². The molecule has 0 aliphatic rings. The molecule has 0 spiro atoms. The van der Waals surface area contributed by atoms with E-state index in [1.807, 2.05) is 35.6 Å². The van der Waals surface area contributed by atoms with Crippen LogP contribution in [0.2, 0.25) is 0 Å². The van der Waals surface area contributed by atoms with Crippen molar-refractivity contribution in [3.8, 4) is 0 Å². The van der Waals surface area contributed by atoms with Crippen LogP contribution in [0.4, 0.5) is 0 Å². The maximum atomic E-state index is 12.5. The van der Waals surface area contributed by atoms with Crippen molar-refractivity contribution in [2.75, 3.05) is 7.11 Å². The summed E-state index contributed by atoms with van der Waals surface area (Å²) in [6.07, 6.45) is 0. The van der Waals surface area contributed by atoms with Crippen molar-refractivity contribution in [1.29, 1.82) is 0 Å². The molecule has 2 aromatic carbocycles. The third kappa shape index (κ3) is 3.96. The van der Waals surface area contributed by atoms with Crippen molar-refractivity contribution in [3.05, 3.63) is 59.7 Å². The van der Waals surface area contributed by atoms with Crippen LogP contribution < -0.4 is 5.32 Å². The van der Waals surface area contributed by atoms with Gasteiger partial charge in [-0.1, -0.05) is 47.4 Å². The van der Waals surface area contributed by atoms with E-state index in [1.54, 1.807) is 35.6 Å². The van der Waals surface area contributed by atoms with Gasteiger partial charge in [-0.3, -0.25) is 9.20 Å². The number of rotatable bonds is 6. The van der Waals surface area contributed by atoms with Crippen LogP contribution in [0.1, 0.15) is 22.8 Å². The molecule has 1 unspecified atom stereocenters. The van der Waals surface area contributed by atoms with Gasteiger partial charge < -0.3 is 10.1 Å². The van der Waals surface area contributed by atoms with Crippen LogP contribution in [0, 0.1) is 0 Å². The van der Waals surface area contributed by atoms with Gasteiger partial charge in [0.15, 0.2) is 5.16 Å². The highest BCUT2D eigenvalue weighted by Crippen LogP contribution is 2.31. The Labute approximate surface area is 175 Å². The Hall–Kier alpha value is -2.91. The summed E-state index contributed by atoms with van der Waals surface area (Å²) in [5, 5.41) is 11.8. The zero-order valence-corrected chi connectivity index (χ0v) is 17.4. The fraction of sp³-hybridized carbons (Fsp3) is 0.200. The molecular formula is C20H18N4O3S2. The Bertz CT molecular complexity index is 1180. The predicted molar refractivity (Wildman–Crippen MR) is 113 cm³/mol. The van der Waals surface area contributed by atoms with Gasteiger partial charge in [0.25, 0.3) is 0 Å². The Morgan fingerprint density at radius 2 is 1.93 bits per heavy atom. The fourth-order valence-corrected chi connectivity index (χ4v) is 4.76. The number of aromatic nitrogens is 3. The molecule has 0 saturated carbocycles. The normalized spacial score (nSPS) is 12.2. The van der Waals surface area contributed by atoms with Crippen LogP contribution in [0.25, 0.3) is 15.2 Å². The fourth-order valence-electron chi connectivity index (χ4n) is 2.85. The second kappa shape index (κ2) is 8.22. The van der Waals surface area contributed by atoms with Crippen LogP contribution >= 0.6 is 23.1 Å². The summed E-state index contributed by atoms with van der Waals surface area (Å²) in [5.74, 6) is -0.477. The summed E-state index contributed by atoms with van der Waals surface area (Å²) < 4.78 is 7.80. The van der Waals surface area contributed by atoms with E-state index in [0.717, 1.165) is 20.7 Å². The van der Waals surface area contributed by atoms with E-state index in [-0.39, 0.29) is 17.1 Å². The van der Waals surface area contributed by atoms with Crippen molar-refractivity contribution in [2.24, 2.45) is 0 Å². The first kappa shape index (κ1) is 19.4. The zero-order valence-electron chi connectivity index (χ0n) is 15.8. The zero-order chi connectivity index (χ0) is 20.4. The SMILES string of the molecule is COC(=O)c1ccc(CNC(=O)C(C)Sc2nnc3sc4ccccc4n23)cc1. The molecule has 0 radical (unpaired) electrons. The quantitative estimate of drug-likeness (QED) is 0.375. The summed E-state index contributed by atoms with van der Waals surface area (Å²) in [4.78, 5) is 24.8. The second-order valence-corrected chi connectivity index (χ2v) is 8.65. The van der Waals surface area contributed by atoms with E-state index >= 15 is 0 Å². The number of esters is 1. The molecule has 1 atom stereocenters.